The van der Waals surface area contributed by atoms with Gasteiger partial charge in [-0.25, -0.2) is 4.39 Å². The number of carbonyl (C=O) groups excluding carboxylic acids is 2. The van der Waals surface area contributed by atoms with Gasteiger partial charge in [0.15, 0.2) is 0 Å². The minimum Gasteiger partial charge on any atom is -0.321 e. The average Bonchev–Trinajstić information content (AvgIpc) is 2.66. The highest BCUT2D eigenvalue weighted by molar-refractivity contribution is 9.10. The molecule has 0 bridgehead atoms. The van der Waals surface area contributed by atoms with Gasteiger partial charge in [0, 0.05) is 22.4 Å². The molecule has 1 aromatic heterocycles. The molecule has 3 rings (SSSR count). The highest BCUT2D eigenvalue weighted by atomic mass is 79.9. The van der Waals surface area contributed by atoms with Gasteiger partial charge in [0.25, 0.3) is 11.8 Å². The first kappa shape index (κ1) is 18.7. The van der Waals surface area contributed by atoms with Crippen molar-refractivity contribution < 1.29 is 14.0 Å². The molecule has 0 aliphatic rings. The third-order valence-electron chi connectivity index (χ3n) is 3.88. The lowest BCUT2D eigenvalue weighted by atomic mass is 10.1. The number of halogens is 2. The number of rotatable bonds is 4. The number of hydrogen-bond acceptors (Lipinski definition) is 3. The van der Waals surface area contributed by atoms with Crippen molar-refractivity contribution in [3.05, 3.63) is 87.9 Å². The fraction of sp³-hybridized carbons (Fsp3) is 0.0500. The lowest BCUT2D eigenvalue weighted by Gasteiger charge is -2.14. The third-order valence-corrected chi connectivity index (χ3v) is 4.37. The van der Waals surface area contributed by atoms with Gasteiger partial charge in [0.1, 0.15) is 5.82 Å². The molecule has 0 unspecified atom stereocenters. The van der Waals surface area contributed by atoms with Crippen LogP contribution >= 0.6 is 15.9 Å². The number of para-hydroxylation sites is 1. The summed E-state index contributed by atoms with van der Waals surface area (Å²) in [5, 5.41) is 5.30. The van der Waals surface area contributed by atoms with E-state index in [4.69, 9.17) is 0 Å². The van der Waals surface area contributed by atoms with Gasteiger partial charge in [-0.15, -0.1) is 0 Å². The van der Waals surface area contributed by atoms with Gasteiger partial charge in [-0.3, -0.25) is 14.6 Å². The van der Waals surface area contributed by atoms with Crippen LogP contribution in [0.3, 0.4) is 0 Å². The van der Waals surface area contributed by atoms with Crippen molar-refractivity contribution in [2.75, 3.05) is 10.6 Å². The molecule has 3 aromatic rings. The lowest BCUT2D eigenvalue weighted by Crippen LogP contribution is -2.19. The Labute approximate surface area is 163 Å². The van der Waals surface area contributed by atoms with Crippen molar-refractivity contribution in [3.63, 3.8) is 0 Å². The number of amides is 2. The highest BCUT2D eigenvalue weighted by Gasteiger charge is 2.17. The number of hydrogen-bond donors (Lipinski definition) is 2. The smallest absolute Gasteiger partial charge is 0.257 e. The van der Waals surface area contributed by atoms with Crippen LogP contribution in [-0.2, 0) is 0 Å². The normalized spacial score (nSPS) is 10.3. The summed E-state index contributed by atoms with van der Waals surface area (Å²) in [6.45, 7) is 1.78. The number of benzene rings is 2. The van der Waals surface area contributed by atoms with Crippen molar-refractivity contribution in [1.82, 2.24) is 4.98 Å². The van der Waals surface area contributed by atoms with Crippen molar-refractivity contribution in [2.45, 2.75) is 6.92 Å². The zero-order valence-electron chi connectivity index (χ0n) is 14.3. The van der Waals surface area contributed by atoms with Crippen LogP contribution in [0.4, 0.5) is 15.8 Å². The summed E-state index contributed by atoms with van der Waals surface area (Å²) in [5.74, 6) is -1.45. The van der Waals surface area contributed by atoms with Gasteiger partial charge >= 0.3 is 0 Å². The van der Waals surface area contributed by atoms with E-state index in [2.05, 4.69) is 31.5 Å². The Kier molecular flexibility index (Phi) is 5.61. The van der Waals surface area contributed by atoms with Crippen LogP contribution in [0.2, 0.25) is 0 Å². The fourth-order valence-corrected chi connectivity index (χ4v) is 2.83. The van der Waals surface area contributed by atoms with E-state index in [1.54, 1.807) is 43.3 Å². The topological polar surface area (TPSA) is 71.1 Å². The quantitative estimate of drug-likeness (QED) is 0.628. The second-order valence-corrected chi connectivity index (χ2v) is 6.68. The molecule has 0 atom stereocenters. The molecule has 5 nitrogen and oxygen atoms in total. The molecule has 27 heavy (non-hydrogen) atoms. The molecule has 0 saturated carbocycles. The molecule has 0 radical (unpaired) electrons. The Bertz CT molecular complexity index is 1010. The van der Waals surface area contributed by atoms with Crippen molar-refractivity contribution in [1.29, 1.82) is 0 Å². The Hall–Kier alpha value is -3.06. The number of aromatic nitrogens is 1. The Morgan fingerprint density at radius 1 is 1.00 bits per heavy atom. The van der Waals surface area contributed by atoms with E-state index in [0.717, 1.165) is 0 Å². The molecule has 136 valence electrons. The number of carbonyl (C=O) groups is 2. The van der Waals surface area contributed by atoms with E-state index in [9.17, 15) is 14.0 Å². The van der Waals surface area contributed by atoms with E-state index in [1.807, 2.05) is 0 Å². The van der Waals surface area contributed by atoms with Crippen LogP contribution in [0.15, 0.2) is 65.4 Å². The van der Waals surface area contributed by atoms with Gasteiger partial charge in [0.05, 0.1) is 16.9 Å². The number of nitrogens with one attached hydrogen (secondary N) is 2. The summed E-state index contributed by atoms with van der Waals surface area (Å²) in [6.07, 6.45) is 3.02. The maximum Gasteiger partial charge on any atom is 0.257 e. The minimum atomic E-state index is -0.562. The van der Waals surface area contributed by atoms with Gasteiger partial charge in [0.2, 0.25) is 0 Å². The molecule has 2 aromatic carbocycles. The second-order valence-electron chi connectivity index (χ2n) is 5.77. The summed E-state index contributed by atoms with van der Waals surface area (Å²) in [4.78, 5) is 29.0. The summed E-state index contributed by atoms with van der Waals surface area (Å²) in [5.41, 5.74) is 1.78. The van der Waals surface area contributed by atoms with Crippen LogP contribution in [0.25, 0.3) is 0 Å². The van der Waals surface area contributed by atoms with Crippen molar-refractivity contribution in [3.8, 4) is 0 Å². The summed E-state index contributed by atoms with van der Waals surface area (Å²) in [7, 11) is 0. The van der Waals surface area contributed by atoms with Crippen LogP contribution in [-0.4, -0.2) is 16.8 Å². The predicted molar refractivity (Wildman–Crippen MR) is 105 cm³/mol. The van der Waals surface area contributed by atoms with Crippen LogP contribution in [0, 0.1) is 12.7 Å². The molecule has 2 N–H and O–H groups in total. The first-order chi connectivity index (χ1) is 13.0. The van der Waals surface area contributed by atoms with Crippen molar-refractivity contribution in [2.24, 2.45) is 0 Å². The molecule has 0 spiro atoms. The van der Waals surface area contributed by atoms with Crippen LogP contribution < -0.4 is 10.6 Å². The zero-order valence-corrected chi connectivity index (χ0v) is 15.9. The second kappa shape index (κ2) is 8.09. The molecule has 0 fully saturated rings. The van der Waals surface area contributed by atoms with E-state index < -0.39 is 11.7 Å². The Balaban J connectivity index is 1.88. The van der Waals surface area contributed by atoms with Gasteiger partial charge in [-0.05, 0) is 48.9 Å². The maximum absolute atomic E-state index is 14.0. The molecule has 2 amide bonds. The number of anilines is 2. The third kappa shape index (κ3) is 4.38. The van der Waals surface area contributed by atoms with Crippen LogP contribution in [0.5, 0.6) is 0 Å². The Morgan fingerprint density at radius 3 is 2.44 bits per heavy atom. The first-order valence-electron chi connectivity index (χ1n) is 8.03. The van der Waals surface area contributed by atoms with Crippen LogP contribution in [0.1, 0.15) is 26.3 Å². The standard InChI is InChI=1S/C20H15BrFN3O2/c1-12-3-2-4-15(18(12)25-19(26)13-7-9-23-10-8-13)20(27)24-17-6-5-14(21)11-16(17)22/h2-11H,1H3,(H,24,27)(H,25,26). The van der Waals surface area contributed by atoms with E-state index in [-0.39, 0.29) is 17.2 Å². The minimum absolute atomic E-state index is 0.0520. The molecule has 0 aliphatic heterocycles. The number of pyridine rings is 1. The van der Waals surface area contributed by atoms with E-state index in [1.165, 1.54) is 24.5 Å². The maximum atomic E-state index is 14.0. The van der Waals surface area contributed by atoms with Crippen molar-refractivity contribution >= 4 is 39.1 Å². The molecule has 7 heteroatoms. The molecule has 1 heterocycles. The molecular weight excluding hydrogens is 413 g/mol. The predicted octanol–water partition coefficient (Wildman–Crippen LogP) is 4.80. The first-order valence-corrected chi connectivity index (χ1v) is 8.82. The molecule has 0 aliphatic carbocycles. The largest absolute Gasteiger partial charge is 0.321 e. The lowest BCUT2D eigenvalue weighted by molar-refractivity contribution is 0.102. The summed E-state index contributed by atoms with van der Waals surface area (Å²) < 4.78 is 14.6. The van der Waals surface area contributed by atoms with Gasteiger partial charge in [-0.2, -0.15) is 0 Å². The fourth-order valence-electron chi connectivity index (χ4n) is 2.49. The number of nitrogens with zero attached hydrogens (tertiary/aromatic N) is 1. The van der Waals surface area contributed by atoms with Gasteiger partial charge < -0.3 is 10.6 Å². The van der Waals surface area contributed by atoms with E-state index >= 15 is 0 Å². The summed E-state index contributed by atoms with van der Waals surface area (Å²) >= 11 is 3.17. The Morgan fingerprint density at radius 2 is 1.74 bits per heavy atom. The molecule has 0 saturated heterocycles. The summed E-state index contributed by atoms with van der Waals surface area (Å²) in [6, 6.07) is 12.5. The van der Waals surface area contributed by atoms with E-state index in [0.29, 0.717) is 21.3 Å². The van der Waals surface area contributed by atoms with Gasteiger partial charge in [-0.1, -0.05) is 28.1 Å². The number of aryl methyl sites for hydroxylation is 1. The average molecular weight is 428 g/mol. The highest BCUT2D eigenvalue weighted by Crippen LogP contribution is 2.24. The zero-order chi connectivity index (χ0) is 19.4. The SMILES string of the molecule is Cc1cccc(C(=O)Nc2ccc(Br)cc2F)c1NC(=O)c1ccncc1. The monoisotopic (exact) mass is 427 g/mol. The molecular formula is C20H15BrFN3O2.